The molecule has 0 aliphatic heterocycles. The lowest BCUT2D eigenvalue weighted by Gasteiger charge is -2.14. The molecule has 0 aliphatic rings. The lowest BCUT2D eigenvalue weighted by Crippen LogP contribution is -2.33. The van der Waals surface area contributed by atoms with Crippen molar-refractivity contribution >= 4 is 34.2 Å². The van der Waals surface area contributed by atoms with E-state index in [1.165, 1.54) is 11.3 Å². The monoisotopic (exact) mass is 436 g/mol. The quantitative estimate of drug-likeness (QED) is 0.369. The fraction of sp³-hybridized carbons (Fsp3) is 0.182. The molecule has 4 rings (SSSR count). The van der Waals surface area contributed by atoms with Gasteiger partial charge in [0, 0.05) is 17.0 Å². The first-order valence-corrected chi connectivity index (χ1v) is 10.4. The lowest BCUT2D eigenvalue weighted by atomic mass is 10.0. The van der Waals surface area contributed by atoms with Crippen molar-refractivity contribution in [3.63, 3.8) is 0 Å². The fourth-order valence-corrected chi connectivity index (χ4v) is 4.50. The van der Waals surface area contributed by atoms with Gasteiger partial charge in [-0.15, -0.1) is 11.3 Å². The molecule has 1 aromatic carbocycles. The average molecular weight is 436 g/mol. The molecular formula is C22H20N4O4S. The minimum atomic E-state index is -1.14. The molecule has 0 saturated carbocycles. The first-order valence-electron chi connectivity index (χ1n) is 9.61. The first kappa shape index (κ1) is 20.5. The van der Waals surface area contributed by atoms with Crippen LogP contribution in [0.4, 0.5) is 0 Å². The summed E-state index contributed by atoms with van der Waals surface area (Å²) in [7, 11) is 0. The zero-order valence-electron chi connectivity index (χ0n) is 16.8. The van der Waals surface area contributed by atoms with Gasteiger partial charge in [-0.25, -0.2) is 9.78 Å². The number of H-pyrrole nitrogens is 2. The number of hydrogen-bond donors (Lipinski definition) is 4. The standard InChI is InChI=1S/C22H20N4O4S/c1-11(14-10-23-19-17(14)21(28)25-12(2)24-19)15-8-9-16(31-15)20(27)26-18(22(29)30)13-6-4-3-5-7-13/h3-11,18H,1-2H3,(H,26,27)(H,29,30)(H2,23,24,25,28). The number of fused-ring (bicyclic) bond motifs is 1. The molecular weight excluding hydrogens is 416 g/mol. The Morgan fingerprint density at radius 3 is 2.61 bits per heavy atom. The highest BCUT2D eigenvalue weighted by Gasteiger charge is 2.24. The number of aliphatic carboxylic acids is 1. The smallest absolute Gasteiger partial charge is 0.330 e. The first-order chi connectivity index (χ1) is 14.8. The molecule has 4 aromatic rings. The molecule has 2 unspecified atom stereocenters. The van der Waals surface area contributed by atoms with E-state index in [2.05, 4.69) is 20.3 Å². The minimum absolute atomic E-state index is 0.157. The third-order valence-corrected chi connectivity index (χ3v) is 6.36. The molecule has 158 valence electrons. The summed E-state index contributed by atoms with van der Waals surface area (Å²) in [5.41, 5.74) is 1.58. The van der Waals surface area contributed by atoms with Gasteiger partial charge in [-0.1, -0.05) is 37.3 Å². The summed E-state index contributed by atoms with van der Waals surface area (Å²) in [6, 6.07) is 10.9. The normalized spacial score (nSPS) is 13.1. The summed E-state index contributed by atoms with van der Waals surface area (Å²) in [5, 5.41) is 12.6. The molecule has 31 heavy (non-hydrogen) atoms. The molecule has 0 spiro atoms. The SMILES string of the molecule is Cc1nc2[nH]cc(C(C)c3ccc(C(=O)NC(C(=O)O)c4ccccc4)s3)c2c(=O)[nH]1. The highest BCUT2D eigenvalue weighted by atomic mass is 32.1. The molecule has 0 saturated heterocycles. The van der Waals surface area contributed by atoms with Crippen molar-refractivity contribution < 1.29 is 14.7 Å². The van der Waals surface area contributed by atoms with Gasteiger partial charge in [0.2, 0.25) is 0 Å². The van der Waals surface area contributed by atoms with E-state index in [1.807, 2.05) is 13.0 Å². The number of thiophene rings is 1. The second kappa shape index (κ2) is 8.19. The Morgan fingerprint density at radius 2 is 1.90 bits per heavy atom. The van der Waals surface area contributed by atoms with Crippen LogP contribution in [0.25, 0.3) is 11.0 Å². The zero-order chi connectivity index (χ0) is 22.1. The van der Waals surface area contributed by atoms with Crippen molar-refractivity contribution in [1.82, 2.24) is 20.3 Å². The summed E-state index contributed by atoms with van der Waals surface area (Å²) in [5.74, 6) is -1.23. The molecule has 1 amide bonds. The second-order valence-electron chi connectivity index (χ2n) is 7.20. The number of hydrogen-bond acceptors (Lipinski definition) is 5. The van der Waals surface area contributed by atoms with Gasteiger partial charge in [0.1, 0.15) is 11.5 Å². The van der Waals surface area contributed by atoms with Gasteiger partial charge in [0.15, 0.2) is 6.04 Å². The summed E-state index contributed by atoms with van der Waals surface area (Å²) in [4.78, 5) is 48.1. The summed E-state index contributed by atoms with van der Waals surface area (Å²) in [6.45, 7) is 3.66. The highest BCUT2D eigenvalue weighted by molar-refractivity contribution is 7.14. The molecule has 0 aliphatic carbocycles. The Morgan fingerprint density at radius 1 is 1.16 bits per heavy atom. The van der Waals surface area contributed by atoms with Crippen LogP contribution in [-0.2, 0) is 4.79 Å². The van der Waals surface area contributed by atoms with E-state index in [0.29, 0.717) is 27.3 Å². The van der Waals surface area contributed by atoms with E-state index in [9.17, 15) is 19.5 Å². The van der Waals surface area contributed by atoms with Crippen LogP contribution in [-0.4, -0.2) is 31.9 Å². The number of carboxylic acids is 1. The molecule has 8 nitrogen and oxygen atoms in total. The molecule has 0 fully saturated rings. The molecule has 3 aromatic heterocycles. The van der Waals surface area contributed by atoms with Crippen molar-refractivity contribution in [2.75, 3.05) is 0 Å². The molecule has 2 atom stereocenters. The van der Waals surface area contributed by atoms with Gasteiger partial charge in [-0.05, 0) is 30.2 Å². The molecule has 0 radical (unpaired) electrons. The minimum Gasteiger partial charge on any atom is -0.479 e. The summed E-state index contributed by atoms with van der Waals surface area (Å²) < 4.78 is 0. The van der Waals surface area contributed by atoms with E-state index >= 15 is 0 Å². The Bertz CT molecular complexity index is 1320. The molecule has 9 heteroatoms. The van der Waals surface area contributed by atoms with Crippen molar-refractivity contribution in [3.05, 3.63) is 85.7 Å². The Kier molecular flexibility index (Phi) is 5.43. The van der Waals surface area contributed by atoms with Crippen molar-refractivity contribution in [3.8, 4) is 0 Å². The maximum absolute atomic E-state index is 12.7. The topological polar surface area (TPSA) is 128 Å². The number of rotatable bonds is 6. The Hall–Kier alpha value is -3.72. The number of benzene rings is 1. The lowest BCUT2D eigenvalue weighted by molar-refractivity contribution is -0.139. The van der Waals surface area contributed by atoms with Gasteiger partial charge >= 0.3 is 5.97 Å². The van der Waals surface area contributed by atoms with E-state index in [-0.39, 0.29) is 11.5 Å². The number of aromatic amines is 2. The number of carbonyl (C=O) groups excluding carboxylic acids is 1. The number of aromatic nitrogens is 3. The van der Waals surface area contributed by atoms with E-state index < -0.39 is 17.9 Å². The van der Waals surface area contributed by atoms with Gasteiger partial charge in [-0.2, -0.15) is 0 Å². The predicted molar refractivity (Wildman–Crippen MR) is 118 cm³/mol. The Balaban J connectivity index is 1.59. The van der Waals surface area contributed by atoms with E-state index in [0.717, 1.165) is 10.4 Å². The maximum atomic E-state index is 12.7. The molecule has 0 bridgehead atoms. The van der Waals surface area contributed by atoms with E-state index in [4.69, 9.17) is 0 Å². The van der Waals surface area contributed by atoms with Gasteiger partial charge < -0.3 is 20.4 Å². The van der Waals surface area contributed by atoms with Crippen molar-refractivity contribution in [2.24, 2.45) is 0 Å². The van der Waals surface area contributed by atoms with Gasteiger partial charge in [0.25, 0.3) is 11.5 Å². The van der Waals surface area contributed by atoms with Gasteiger partial charge in [0.05, 0.1) is 10.3 Å². The van der Waals surface area contributed by atoms with Gasteiger partial charge in [-0.3, -0.25) is 9.59 Å². The van der Waals surface area contributed by atoms with Crippen LogP contribution in [0.2, 0.25) is 0 Å². The molecule has 3 heterocycles. The zero-order valence-corrected chi connectivity index (χ0v) is 17.6. The van der Waals surface area contributed by atoms with Crippen molar-refractivity contribution in [1.29, 1.82) is 0 Å². The van der Waals surface area contributed by atoms with E-state index in [1.54, 1.807) is 49.5 Å². The van der Waals surface area contributed by atoms with Crippen LogP contribution in [0.15, 0.2) is 53.5 Å². The van der Waals surface area contributed by atoms with Crippen LogP contribution in [0.1, 0.15) is 50.4 Å². The van der Waals surface area contributed by atoms with Crippen LogP contribution >= 0.6 is 11.3 Å². The predicted octanol–water partition coefficient (Wildman–Crippen LogP) is 3.33. The van der Waals surface area contributed by atoms with Crippen LogP contribution in [0.5, 0.6) is 0 Å². The summed E-state index contributed by atoms with van der Waals surface area (Å²) >= 11 is 1.26. The fourth-order valence-electron chi connectivity index (χ4n) is 3.51. The van der Waals surface area contributed by atoms with Crippen LogP contribution < -0.4 is 10.9 Å². The van der Waals surface area contributed by atoms with Crippen molar-refractivity contribution in [2.45, 2.75) is 25.8 Å². The Labute approximate surface area is 181 Å². The number of carbonyl (C=O) groups is 2. The third kappa shape index (κ3) is 3.99. The largest absolute Gasteiger partial charge is 0.479 e. The second-order valence-corrected chi connectivity index (χ2v) is 8.31. The number of nitrogens with one attached hydrogen (secondary N) is 3. The highest BCUT2D eigenvalue weighted by Crippen LogP contribution is 2.33. The number of carboxylic acid groups (broad SMARTS) is 1. The van der Waals surface area contributed by atoms with Crippen LogP contribution in [0.3, 0.4) is 0 Å². The average Bonchev–Trinajstić information content (AvgIpc) is 3.39. The number of nitrogens with zero attached hydrogens (tertiary/aromatic N) is 1. The molecule has 4 N–H and O–H groups in total. The summed E-state index contributed by atoms with van der Waals surface area (Å²) in [6.07, 6.45) is 1.76. The maximum Gasteiger partial charge on any atom is 0.330 e. The number of aryl methyl sites for hydroxylation is 1. The third-order valence-electron chi connectivity index (χ3n) is 5.09. The number of amides is 1. The van der Waals surface area contributed by atoms with Crippen LogP contribution in [0, 0.1) is 6.92 Å².